The van der Waals surface area contributed by atoms with Gasteiger partial charge in [0.15, 0.2) is 17.2 Å². The molecule has 7 nitrogen and oxygen atoms in total. The third-order valence-corrected chi connectivity index (χ3v) is 5.85. The summed E-state index contributed by atoms with van der Waals surface area (Å²) in [6.45, 7) is 0.0721. The van der Waals surface area contributed by atoms with Crippen LogP contribution in [0.5, 0.6) is 11.5 Å². The Hall–Kier alpha value is -4.17. The van der Waals surface area contributed by atoms with E-state index in [9.17, 15) is 9.59 Å². The third-order valence-electron chi connectivity index (χ3n) is 4.96. The molecule has 0 spiro atoms. The van der Waals surface area contributed by atoms with Crippen LogP contribution in [0.15, 0.2) is 78.2 Å². The number of nitrogens with one attached hydrogen (secondary N) is 1. The zero-order chi connectivity index (χ0) is 23.9. The molecule has 0 fully saturated rings. The zero-order valence-corrected chi connectivity index (χ0v) is 19.4. The van der Waals surface area contributed by atoms with E-state index in [1.165, 1.54) is 11.3 Å². The molecule has 34 heavy (non-hydrogen) atoms. The molecule has 4 aromatic rings. The summed E-state index contributed by atoms with van der Waals surface area (Å²) in [6, 6.07) is 21.6. The lowest BCUT2D eigenvalue weighted by atomic mass is 10.1. The van der Waals surface area contributed by atoms with Gasteiger partial charge in [-0.25, -0.2) is 9.78 Å². The molecule has 0 saturated heterocycles. The predicted octanol–water partition coefficient (Wildman–Crippen LogP) is 5.44. The van der Waals surface area contributed by atoms with E-state index < -0.39 is 5.97 Å². The van der Waals surface area contributed by atoms with Crippen LogP contribution in [0, 0.1) is 0 Å². The van der Waals surface area contributed by atoms with E-state index in [1.807, 2.05) is 42.5 Å². The number of hydrogen-bond donors (Lipinski definition) is 1. The average Bonchev–Trinajstić information content (AvgIpc) is 3.38. The van der Waals surface area contributed by atoms with Crippen LogP contribution in [0.2, 0.25) is 0 Å². The van der Waals surface area contributed by atoms with Crippen molar-refractivity contribution in [1.29, 1.82) is 0 Å². The van der Waals surface area contributed by atoms with Crippen molar-refractivity contribution >= 4 is 28.9 Å². The van der Waals surface area contributed by atoms with Gasteiger partial charge in [0.1, 0.15) is 11.6 Å². The van der Waals surface area contributed by atoms with E-state index in [0.29, 0.717) is 22.1 Å². The molecule has 172 valence electrons. The van der Waals surface area contributed by atoms with Crippen molar-refractivity contribution in [1.82, 2.24) is 4.98 Å². The summed E-state index contributed by atoms with van der Waals surface area (Å²) in [5.41, 5.74) is 3.04. The molecule has 0 aliphatic heterocycles. The van der Waals surface area contributed by atoms with Crippen molar-refractivity contribution in [3.05, 3.63) is 95.0 Å². The Morgan fingerprint density at radius 3 is 2.35 bits per heavy atom. The lowest BCUT2D eigenvalue weighted by Gasteiger charge is -2.08. The Labute approximate surface area is 201 Å². The number of anilines is 1. The maximum atomic E-state index is 12.5. The van der Waals surface area contributed by atoms with Crippen molar-refractivity contribution in [2.45, 2.75) is 6.61 Å². The van der Waals surface area contributed by atoms with Gasteiger partial charge in [0.25, 0.3) is 5.91 Å². The molecule has 0 saturated carbocycles. The quantitative estimate of drug-likeness (QED) is 0.342. The van der Waals surface area contributed by atoms with Crippen molar-refractivity contribution in [3.63, 3.8) is 0 Å². The number of para-hydroxylation sites is 1. The smallest absolute Gasteiger partial charge is 0.358 e. The fourth-order valence-corrected chi connectivity index (χ4v) is 3.96. The van der Waals surface area contributed by atoms with Crippen LogP contribution in [0.3, 0.4) is 0 Å². The number of amides is 1. The SMILES string of the molecule is COc1ccc(-c2nc(C(=O)OCc3ccc(C(=O)Nc4ccccc4)cc3)cs2)cc1OC. The maximum Gasteiger partial charge on any atom is 0.358 e. The number of thiazole rings is 1. The van der Waals surface area contributed by atoms with Crippen molar-refractivity contribution < 1.29 is 23.8 Å². The highest BCUT2D eigenvalue weighted by Gasteiger charge is 2.15. The molecule has 0 atom stereocenters. The highest BCUT2D eigenvalue weighted by Crippen LogP contribution is 2.33. The molecule has 4 rings (SSSR count). The number of carbonyl (C=O) groups excluding carboxylic acids is 2. The minimum atomic E-state index is -0.520. The third kappa shape index (κ3) is 5.41. The Kier molecular flexibility index (Phi) is 7.19. The molecular weight excluding hydrogens is 452 g/mol. The number of hydrogen-bond acceptors (Lipinski definition) is 7. The molecule has 1 heterocycles. The first-order valence-electron chi connectivity index (χ1n) is 10.4. The van der Waals surface area contributed by atoms with E-state index in [4.69, 9.17) is 14.2 Å². The van der Waals surface area contributed by atoms with Crippen molar-refractivity contribution in [2.24, 2.45) is 0 Å². The van der Waals surface area contributed by atoms with Gasteiger partial charge in [-0.05, 0) is 48.0 Å². The molecule has 8 heteroatoms. The van der Waals surface area contributed by atoms with Crippen molar-refractivity contribution in [3.8, 4) is 22.1 Å². The van der Waals surface area contributed by atoms with Crippen LogP contribution < -0.4 is 14.8 Å². The van der Waals surface area contributed by atoms with Gasteiger partial charge in [-0.1, -0.05) is 30.3 Å². The number of benzene rings is 3. The summed E-state index contributed by atoms with van der Waals surface area (Å²) in [5.74, 6) is 0.472. The summed E-state index contributed by atoms with van der Waals surface area (Å²) in [5, 5.41) is 5.16. The van der Waals surface area contributed by atoms with Gasteiger partial charge in [0, 0.05) is 22.2 Å². The summed E-state index contributed by atoms with van der Waals surface area (Å²) in [7, 11) is 3.14. The van der Waals surface area contributed by atoms with Gasteiger partial charge in [-0.2, -0.15) is 0 Å². The minimum absolute atomic E-state index is 0.0721. The second kappa shape index (κ2) is 10.6. The molecule has 0 bridgehead atoms. The first kappa shape index (κ1) is 23.0. The Morgan fingerprint density at radius 2 is 1.65 bits per heavy atom. The molecule has 1 aromatic heterocycles. The average molecular weight is 475 g/mol. The molecule has 0 aliphatic carbocycles. The van der Waals surface area contributed by atoms with Crippen LogP contribution in [0.1, 0.15) is 26.4 Å². The topological polar surface area (TPSA) is 86.8 Å². The highest BCUT2D eigenvalue weighted by molar-refractivity contribution is 7.13. The lowest BCUT2D eigenvalue weighted by Crippen LogP contribution is -2.12. The molecule has 0 radical (unpaired) electrons. The standard InChI is InChI=1S/C26H22N2O5S/c1-31-22-13-12-19(14-23(22)32-2)25-28-21(16-34-25)26(30)33-15-17-8-10-18(11-9-17)24(29)27-20-6-4-3-5-7-20/h3-14,16H,15H2,1-2H3,(H,27,29). The fourth-order valence-electron chi connectivity index (χ4n) is 3.17. The molecule has 1 N–H and O–H groups in total. The van der Waals surface area contributed by atoms with Gasteiger partial charge < -0.3 is 19.5 Å². The number of rotatable bonds is 8. The van der Waals surface area contributed by atoms with Gasteiger partial charge in [0.2, 0.25) is 0 Å². The van der Waals surface area contributed by atoms with E-state index in [-0.39, 0.29) is 18.2 Å². The van der Waals surface area contributed by atoms with Crippen LogP contribution in [0.25, 0.3) is 10.6 Å². The molecule has 3 aromatic carbocycles. The lowest BCUT2D eigenvalue weighted by molar-refractivity contribution is 0.0466. The summed E-state index contributed by atoms with van der Waals surface area (Å²) < 4.78 is 16.0. The monoisotopic (exact) mass is 474 g/mol. The zero-order valence-electron chi connectivity index (χ0n) is 18.6. The Balaban J connectivity index is 1.35. The molecular formula is C26H22N2O5S. The van der Waals surface area contributed by atoms with E-state index in [0.717, 1.165) is 16.8 Å². The van der Waals surface area contributed by atoms with Gasteiger partial charge in [0.05, 0.1) is 14.2 Å². The number of ether oxygens (including phenoxy) is 3. The predicted molar refractivity (Wildman–Crippen MR) is 131 cm³/mol. The largest absolute Gasteiger partial charge is 0.493 e. The minimum Gasteiger partial charge on any atom is -0.493 e. The number of esters is 1. The number of aromatic nitrogens is 1. The number of nitrogens with zero attached hydrogens (tertiary/aromatic N) is 1. The Bertz CT molecular complexity index is 1290. The van der Waals surface area contributed by atoms with E-state index in [1.54, 1.807) is 49.9 Å². The Morgan fingerprint density at radius 1 is 0.912 bits per heavy atom. The normalized spacial score (nSPS) is 10.4. The highest BCUT2D eigenvalue weighted by atomic mass is 32.1. The molecule has 1 amide bonds. The van der Waals surface area contributed by atoms with Crippen molar-refractivity contribution in [2.75, 3.05) is 19.5 Å². The molecule has 0 unspecified atom stereocenters. The summed E-state index contributed by atoms with van der Waals surface area (Å²) in [4.78, 5) is 29.2. The van der Waals surface area contributed by atoms with Crippen LogP contribution in [-0.4, -0.2) is 31.1 Å². The number of carbonyl (C=O) groups is 2. The first-order valence-corrected chi connectivity index (χ1v) is 11.3. The maximum absolute atomic E-state index is 12.5. The van der Waals surface area contributed by atoms with Gasteiger partial charge in [-0.3, -0.25) is 4.79 Å². The second-order valence-corrected chi connectivity index (χ2v) is 8.06. The van der Waals surface area contributed by atoms with Crippen LogP contribution in [0.4, 0.5) is 5.69 Å². The van der Waals surface area contributed by atoms with Crippen LogP contribution >= 0.6 is 11.3 Å². The van der Waals surface area contributed by atoms with E-state index in [2.05, 4.69) is 10.3 Å². The first-order chi connectivity index (χ1) is 16.6. The summed E-state index contributed by atoms with van der Waals surface area (Å²) >= 11 is 1.34. The van der Waals surface area contributed by atoms with Gasteiger partial charge >= 0.3 is 5.97 Å². The van der Waals surface area contributed by atoms with Crippen LogP contribution in [-0.2, 0) is 11.3 Å². The second-order valence-electron chi connectivity index (χ2n) is 7.20. The summed E-state index contributed by atoms with van der Waals surface area (Å²) in [6.07, 6.45) is 0. The molecule has 0 aliphatic rings. The van der Waals surface area contributed by atoms with Gasteiger partial charge in [-0.15, -0.1) is 11.3 Å². The van der Waals surface area contributed by atoms with E-state index >= 15 is 0 Å². The fraction of sp³-hybridized carbons (Fsp3) is 0.115. The number of methoxy groups -OCH3 is 2.